The molecule has 13 heavy (non-hydrogen) atoms. The molecule has 0 aromatic heterocycles. The predicted octanol–water partition coefficient (Wildman–Crippen LogP) is 0.195. The molecule has 0 aromatic rings. The minimum absolute atomic E-state index is 0.00361. The van der Waals surface area contributed by atoms with Crippen LogP contribution in [0.4, 0.5) is 4.79 Å². The van der Waals surface area contributed by atoms with Crippen molar-refractivity contribution in [3.8, 4) is 0 Å². The second kappa shape index (κ2) is 4.43. The summed E-state index contributed by atoms with van der Waals surface area (Å²) in [6.45, 7) is 1.89. The molecule has 1 aliphatic rings. The molecule has 0 aromatic carbocycles. The predicted molar refractivity (Wildman–Crippen MR) is 47.1 cm³/mol. The van der Waals surface area contributed by atoms with Crippen LogP contribution in [0.3, 0.4) is 0 Å². The molecule has 0 spiro atoms. The number of ether oxygens (including phenoxy) is 2. The van der Waals surface area contributed by atoms with Crippen LogP contribution >= 0.6 is 0 Å². The number of nitrogens with one attached hydrogen (secondary N) is 1. The van der Waals surface area contributed by atoms with Crippen LogP contribution in [0.2, 0.25) is 0 Å². The highest BCUT2D eigenvalue weighted by Gasteiger charge is 2.28. The molecular weight excluding hydrogens is 172 g/mol. The molecular formula is C8H16N2O3. The van der Waals surface area contributed by atoms with Gasteiger partial charge in [0, 0.05) is 13.5 Å². The van der Waals surface area contributed by atoms with Gasteiger partial charge in [-0.15, -0.1) is 0 Å². The van der Waals surface area contributed by atoms with E-state index in [1.165, 1.54) is 0 Å². The van der Waals surface area contributed by atoms with Gasteiger partial charge in [-0.25, -0.2) is 4.79 Å². The number of rotatable bonds is 2. The number of urea groups is 1. The topological polar surface area (TPSA) is 73.6 Å². The Morgan fingerprint density at radius 3 is 2.77 bits per heavy atom. The molecule has 1 aliphatic heterocycles. The van der Waals surface area contributed by atoms with Crippen molar-refractivity contribution in [2.45, 2.75) is 38.2 Å². The van der Waals surface area contributed by atoms with Crippen molar-refractivity contribution in [1.82, 2.24) is 5.32 Å². The first-order chi connectivity index (χ1) is 6.13. The van der Waals surface area contributed by atoms with Gasteiger partial charge in [0.05, 0.1) is 12.1 Å². The van der Waals surface area contributed by atoms with Gasteiger partial charge in [0.15, 0.2) is 6.29 Å². The Hall–Kier alpha value is -0.810. The van der Waals surface area contributed by atoms with E-state index in [1.54, 1.807) is 7.11 Å². The molecule has 1 fully saturated rings. The summed E-state index contributed by atoms with van der Waals surface area (Å²) in [5, 5.41) is 2.63. The first kappa shape index (κ1) is 10.3. The summed E-state index contributed by atoms with van der Waals surface area (Å²) in [7, 11) is 1.61. The molecule has 0 unspecified atom stereocenters. The van der Waals surface area contributed by atoms with Gasteiger partial charge >= 0.3 is 6.03 Å². The Morgan fingerprint density at radius 2 is 2.31 bits per heavy atom. The smallest absolute Gasteiger partial charge is 0.312 e. The number of methoxy groups -OCH3 is 1. The molecule has 76 valence electrons. The Morgan fingerprint density at radius 1 is 1.62 bits per heavy atom. The average molecular weight is 188 g/mol. The Labute approximate surface area is 77.6 Å². The van der Waals surface area contributed by atoms with Crippen LogP contribution in [0.25, 0.3) is 0 Å². The van der Waals surface area contributed by atoms with E-state index in [0.29, 0.717) is 0 Å². The zero-order valence-corrected chi connectivity index (χ0v) is 7.95. The summed E-state index contributed by atoms with van der Waals surface area (Å²) >= 11 is 0. The summed E-state index contributed by atoms with van der Waals surface area (Å²) < 4.78 is 10.5. The van der Waals surface area contributed by atoms with E-state index in [4.69, 9.17) is 15.2 Å². The maximum absolute atomic E-state index is 10.6. The van der Waals surface area contributed by atoms with Gasteiger partial charge in [0.25, 0.3) is 0 Å². The molecule has 5 heteroatoms. The molecule has 0 saturated carbocycles. The Bertz CT molecular complexity index is 186. The van der Waals surface area contributed by atoms with Crippen molar-refractivity contribution < 1.29 is 14.3 Å². The standard InChI is InChI=1S/C8H16N2O3/c1-5-6(10-8(9)11)3-4-7(12-2)13-5/h5-7H,3-4H2,1-2H3,(H3,9,10,11)/t5-,6+,7-/m1/s1. The van der Waals surface area contributed by atoms with Gasteiger partial charge in [-0.3, -0.25) is 0 Å². The molecule has 0 bridgehead atoms. The monoisotopic (exact) mass is 188 g/mol. The van der Waals surface area contributed by atoms with Crippen molar-refractivity contribution in [2.24, 2.45) is 5.73 Å². The van der Waals surface area contributed by atoms with Crippen molar-refractivity contribution in [2.75, 3.05) is 7.11 Å². The van der Waals surface area contributed by atoms with Gasteiger partial charge in [-0.1, -0.05) is 0 Å². The fourth-order valence-corrected chi connectivity index (χ4v) is 1.50. The van der Waals surface area contributed by atoms with Crippen LogP contribution in [0.5, 0.6) is 0 Å². The number of amides is 2. The zero-order chi connectivity index (χ0) is 9.84. The largest absolute Gasteiger partial charge is 0.356 e. The maximum atomic E-state index is 10.6. The van der Waals surface area contributed by atoms with Crippen molar-refractivity contribution >= 4 is 6.03 Å². The second-order valence-corrected chi connectivity index (χ2v) is 3.20. The number of carbonyl (C=O) groups excluding carboxylic acids is 1. The third-order valence-electron chi connectivity index (χ3n) is 2.24. The highest BCUT2D eigenvalue weighted by molar-refractivity contribution is 5.72. The maximum Gasteiger partial charge on any atom is 0.312 e. The summed E-state index contributed by atoms with van der Waals surface area (Å²) in [4.78, 5) is 10.6. The number of nitrogens with two attached hydrogens (primary N) is 1. The fraction of sp³-hybridized carbons (Fsp3) is 0.875. The first-order valence-electron chi connectivity index (χ1n) is 4.37. The van der Waals surface area contributed by atoms with E-state index in [1.807, 2.05) is 6.92 Å². The normalized spacial score (nSPS) is 34.2. The Balaban J connectivity index is 2.39. The van der Waals surface area contributed by atoms with Gasteiger partial charge in [0.1, 0.15) is 0 Å². The number of primary amides is 1. The summed E-state index contributed by atoms with van der Waals surface area (Å²) in [5.74, 6) is 0. The third-order valence-corrected chi connectivity index (χ3v) is 2.24. The highest BCUT2D eigenvalue weighted by atomic mass is 16.7. The van der Waals surface area contributed by atoms with E-state index < -0.39 is 6.03 Å². The van der Waals surface area contributed by atoms with Crippen LogP contribution < -0.4 is 11.1 Å². The lowest BCUT2D eigenvalue weighted by atomic mass is 10.0. The van der Waals surface area contributed by atoms with Gasteiger partial charge in [-0.2, -0.15) is 0 Å². The van der Waals surface area contributed by atoms with Crippen LogP contribution in [-0.4, -0.2) is 31.6 Å². The number of hydrogen-bond donors (Lipinski definition) is 2. The van der Waals surface area contributed by atoms with Crippen molar-refractivity contribution in [3.63, 3.8) is 0 Å². The molecule has 3 atom stereocenters. The summed E-state index contributed by atoms with van der Waals surface area (Å²) in [5.41, 5.74) is 5.02. The minimum Gasteiger partial charge on any atom is -0.356 e. The lowest BCUT2D eigenvalue weighted by Crippen LogP contribution is -2.49. The SMILES string of the molecule is CO[C@H]1CC[C@H](NC(N)=O)[C@@H](C)O1. The quantitative estimate of drug-likeness (QED) is 0.650. The van der Waals surface area contributed by atoms with E-state index in [9.17, 15) is 4.79 Å². The summed E-state index contributed by atoms with van der Waals surface area (Å²) in [6, 6.07) is -0.500. The number of hydrogen-bond acceptors (Lipinski definition) is 3. The molecule has 1 heterocycles. The molecule has 1 saturated heterocycles. The average Bonchev–Trinajstić information content (AvgIpc) is 2.08. The lowest BCUT2D eigenvalue weighted by Gasteiger charge is -2.33. The lowest BCUT2D eigenvalue weighted by molar-refractivity contribution is -0.182. The molecule has 2 amide bonds. The zero-order valence-electron chi connectivity index (χ0n) is 7.95. The molecule has 1 rings (SSSR count). The van der Waals surface area contributed by atoms with Crippen LogP contribution in [0.15, 0.2) is 0 Å². The molecule has 0 aliphatic carbocycles. The van der Waals surface area contributed by atoms with Crippen molar-refractivity contribution in [1.29, 1.82) is 0 Å². The van der Waals surface area contributed by atoms with Crippen LogP contribution in [0, 0.1) is 0 Å². The van der Waals surface area contributed by atoms with Crippen molar-refractivity contribution in [3.05, 3.63) is 0 Å². The molecule has 0 radical (unpaired) electrons. The third kappa shape index (κ3) is 2.86. The summed E-state index contributed by atoms with van der Waals surface area (Å²) in [6.07, 6.45) is 1.42. The van der Waals surface area contributed by atoms with Gasteiger partial charge in [-0.05, 0) is 13.3 Å². The first-order valence-corrected chi connectivity index (χ1v) is 4.37. The minimum atomic E-state index is -0.503. The van der Waals surface area contributed by atoms with Gasteiger partial charge < -0.3 is 20.5 Å². The van der Waals surface area contributed by atoms with E-state index in [-0.39, 0.29) is 18.4 Å². The van der Waals surface area contributed by atoms with Gasteiger partial charge in [0.2, 0.25) is 0 Å². The fourth-order valence-electron chi connectivity index (χ4n) is 1.50. The second-order valence-electron chi connectivity index (χ2n) is 3.20. The number of carbonyl (C=O) groups is 1. The molecule has 3 N–H and O–H groups in total. The van der Waals surface area contributed by atoms with Crippen LogP contribution in [-0.2, 0) is 9.47 Å². The highest BCUT2D eigenvalue weighted by Crippen LogP contribution is 2.19. The van der Waals surface area contributed by atoms with E-state index >= 15 is 0 Å². The molecule has 5 nitrogen and oxygen atoms in total. The van der Waals surface area contributed by atoms with E-state index in [0.717, 1.165) is 12.8 Å². The van der Waals surface area contributed by atoms with E-state index in [2.05, 4.69) is 5.32 Å². The van der Waals surface area contributed by atoms with Crippen LogP contribution in [0.1, 0.15) is 19.8 Å². The Kier molecular flexibility index (Phi) is 3.50.